The van der Waals surface area contributed by atoms with Crippen LogP contribution in [0.1, 0.15) is 26.2 Å². The van der Waals surface area contributed by atoms with Gasteiger partial charge in [-0.25, -0.2) is 0 Å². The predicted octanol–water partition coefficient (Wildman–Crippen LogP) is 3.88. The smallest absolute Gasteiger partial charge is 0.292 e. The van der Waals surface area contributed by atoms with E-state index in [0.717, 1.165) is 29.7 Å². The number of thioether (sulfide) groups is 1. The lowest BCUT2D eigenvalue weighted by Gasteiger charge is -2.21. The second kappa shape index (κ2) is 8.09. The van der Waals surface area contributed by atoms with Gasteiger partial charge in [-0.05, 0) is 30.7 Å². The molecular weight excluding hydrogens is 376 g/mol. The number of nitro benzene ring substituents is 1. The lowest BCUT2D eigenvalue weighted by molar-refractivity contribution is -0.384. The number of non-ortho nitro benzene ring substituents is 1. The summed E-state index contributed by atoms with van der Waals surface area (Å²) in [6.07, 6.45) is 4.89. The molecule has 0 aliphatic heterocycles. The summed E-state index contributed by atoms with van der Waals surface area (Å²) in [6, 6.07) is 5.87. The Bertz CT molecular complexity index is 856. The number of hydrogen-bond donors (Lipinski definition) is 1. The molecule has 9 heteroatoms. The number of hydrogen-bond acceptors (Lipinski definition) is 6. The summed E-state index contributed by atoms with van der Waals surface area (Å²) in [4.78, 5) is 22.8. The number of rotatable bonds is 6. The Morgan fingerprint density at radius 3 is 2.77 bits per heavy atom. The van der Waals surface area contributed by atoms with Crippen LogP contribution in [0.5, 0.6) is 0 Å². The van der Waals surface area contributed by atoms with Crippen molar-refractivity contribution in [3.8, 4) is 5.69 Å². The molecule has 0 amide bonds. The van der Waals surface area contributed by atoms with Crippen molar-refractivity contribution in [2.24, 2.45) is 0 Å². The van der Waals surface area contributed by atoms with Crippen LogP contribution in [-0.2, 0) is 0 Å². The number of anilines is 1. The Labute approximate surface area is 159 Å². The first-order valence-corrected chi connectivity index (χ1v) is 9.84. The van der Waals surface area contributed by atoms with Crippen LogP contribution in [0, 0.1) is 10.1 Å². The fourth-order valence-corrected chi connectivity index (χ4v) is 4.52. The zero-order valence-corrected chi connectivity index (χ0v) is 15.8. The molecule has 0 radical (unpaired) electrons. The zero-order chi connectivity index (χ0) is 18.7. The van der Waals surface area contributed by atoms with Crippen LogP contribution >= 0.6 is 23.4 Å². The Balaban J connectivity index is 1.84. The lowest BCUT2D eigenvalue weighted by atomic mass is 10.2. The van der Waals surface area contributed by atoms with Crippen molar-refractivity contribution in [2.75, 3.05) is 11.1 Å². The number of nitrogens with one attached hydrogen (secondary N) is 1. The van der Waals surface area contributed by atoms with Crippen molar-refractivity contribution >= 4 is 34.7 Å². The summed E-state index contributed by atoms with van der Waals surface area (Å²) in [5.74, 6) is 1.05. The van der Waals surface area contributed by atoms with Gasteiger partial charge in [0.2, 0.25) is 0 Å². The highest BCUT2D eigenvalue weighted by atomic mass is 35.5. The first kappa shape index (κ1) is 18.7. The number of halogens is 1. The van der Waals surface area contributed by atoms with E-state index >= 15 is 0 Å². The van der Waals surface area contributed by atoms with Crippen LogP contribution in [0.25, 0.3) is 5.69 Å². The second-order valence-electron chi connectivity index (χ2n) is 6.04. The van der Waals surface area contributed by atoms with Gasteiger partial charge in [0, 0.05) is 23.4 Å². The monoisotopic (exact) mass is 394 g/mol. The Kier molecular flexibility index (Phi) is 5.83. The zero-order valence-electron chi connectivity index (χ0n) is 14.2. The van der Waals surface area contributed by atoms with Crippen LogP contribution in [0.2, 0.25) is 5.02 Å². The number of aromatic nitrogens is 2. The van der Waals surface area contributed by atoms with E-state index in [4.69, 9.17) is 11.6 Å². The minimum Gasteiger partial charge on any atom is -0.379 e. The van der Waals surface area contributed by atoms with Crippen LogP contribution < -0.4 is 10.9 Å². The van der Waals surface area contributed by atoms with E-state index in [1.165, 1.54) is 30.5 Å². The van der Waals surface area contributed by atoms with Gasteiger partial charge < -0.3 is 5.32 Å². The molecule has 1 fully saturated rings. The molecule has 0 spiro atoms. The summed E-state index contributed by atoms with van der Waals surface area (Å²) in [6.45, 7) is 2.14. The topological polar surface area (TPSA) is 90.1 Å². The van der Waals surface area contributed by atoms with E-state index < -0.39 is 10.5 Å². The molecular formula is C17H19ClN4O3S. The minimum atomic E-state index is -0.494. The average Bonchev–Trinajstić information content (AvgIpc) is 3.06. The maximum Gasteiger partial charge on any atom is 0.292 e. The van der Waals surface area contributed by atoms with Gasteiger partial charge in [0.1, 0.15) is 5.02 Å². The highest BCUT2D eigenvalue weighted by Crippen LogP contribution is 2.33. The largest absolute Gasteiger partial charge is 0.379 e. The molecule has 1 aliphatic carbocycles. The SMILES string of the molecule is CCSC1CCCC1Nc1cnn(-c2ccc([N+](=O)[O-])cc2)c(=O)c1Cl. The molecule has 2 atom stereocenters. The highest BCUT2D eigenvalue weighted by molar-refractivity contribution is 7.99. The molecule has 1 saturated carbocycles. The van der Waals surface area contributed by atoms with Gasteiger partial charge in [-0.3, -0.25) is 14.9 Å². The third-order valence-electron chi connectivity index (χ3n) is 4.40. The van der Waals surface area contributed by atoms with Gasteiger partial charge in [-0.15, -0.1) is 0 Å². The third kappa shape index (κ3) is 3.86. The highest BCUT2D eigenvalue weighted by Gasteiger charge is 2.28. The summed E-state index contributed by atoms with van der Waals surface area (Å²) < 4.78 is 1.14. The van der Waals surface area contributed by atoms with E-state index in [1.807, 2.05) is 11.8 Å². The Morgan fingerprint density at radius 1 is 1.38 bits per heavy atom. The molecule has 1 aliphatic rings. The van der Waals surface area contributed by atoms with Crippen LogP contribution in [0.3, 0.4) is 0 Å². The summed E-state index contributed by atoms with van der Waals surface area (Å²) in [5, 5.41) is 18.9. The van der Waals surface area contributed by atoms with E-state index in [1.54, 1.807) is 0 Å². The van der Waals surface area contributed by atoms with Gasteiger partial charge >= 0.3 is 0 Å². The summed E-state index contributed by atoms with van der Waals surface area (Å²) in [7, 11) is 0. The Hall–Kier alpha value is -2.06. The van der Waals surface area contributed by atoms with E-state index in [0.29, 0.717) is 16.6 Å². The quantitative estimate of drug-likeness (QED) is 0.590. The van der Waals surface area contributed by atoms with Crippen molar-refractivity contribution in [3.63, 3.8) is 0 Å². The van der Waals surface area contributed by atoms with Crippen LogP contribution in [-0.4, -0.2) is 31.7 Å². The van der Waals surface area contributed by atoms with Gasteiger partial charge in [0.15, 0.2) is 0 Å². The first-order chi connectivity index (χ1) is 12.5. The predicted molar refractivity (Wildman–Crippen MR) is 105 cm³/mol. The number of nitro groups is 1. The van der Waals surface area contributed by atoms with Crippen LogP contribution in [0.4, 0.5) is 11.4 Å². The molecule has 0 saturated heterocycles. The van der Waals surface area contributed by atoms with E-state index in [-0.39, 0.29) is 16.8 Å². The van der Waals surface area contributed by atoms with Crippen molar-refractivity contribution in [3.05, 3.63) is 56.0 Å². The van der Waals surface area contributed by atoms with Gasteiger partial charge in [0.05, 0.1) is 22.5 Å². The lowest BCUT2D eigenvalue weighted by Crippen LogP contribution is -2.29. The van der Waals surface area contributed by atoms with E-state index in [2.05, 4.69) is 17.3 Å². The summed E-state index contributed by atoms with van der Waals surface area (Å²) in [5.41, 5.74) is 0.452. The minimum absolute atomic E-state index is 0.0492. The molecule has 1 aromatic heterocycles. The fraction of sp³-hybridized carbons (Fsp3) is 0.412. The molecule has 7 nitrogen and oxygen atoms in total. The van der Waals surface area contributed by atoms with Gasteiger partial charge in [-0.1, -0.05) is 24.9 Å². The summed E-state index contributed by atoms with van der Waals surface area (Å²) >= 11 is 8.20. The molecule has 26 heavy (non-hydrogen) atoms. The van der Waals surface area contributed by atoms with Crippen molar-refractivity contribution < 1.29 is 4.92 Å². The van der Waals surface area contributed by atoms with E-state index in [9.17, 15) is 14.9 Å². The fourth-order valence-electron chi connectivity index (χ4n) is 3.14. The van der Waals surface area contributed by atoms with Crippen molar-refractivity contribution in [2.45, 2.75) is 37.5 Å². The van der Waals surface area contributed by atoms with Crippen LogP contribution in [0.15, 0.2) is 35.3 Å². The molecule has 138 valence electrons. The Morgan fingerprint density at radius 2 is 2.12 bits per heavy atom. The van der Waals surface area contributed by atoms with Crippen molar-refractivity contribution in [1.29, 1.82) is 0 Å². The van der Waals surface area contributed by atoms with Gasteiger partial charge in [0.25, 0.3) is 11.2 Å². The normalized spacial score (nSPS) is 19.5. The molecule has 1 N–H and O–H groups in total. The first-order valence-electron chi connectivity index (χ1n) is 8.42. The van der Waals surface area contributed by atoms with Gasteiger partial charge in [-0.2, -0.15) is 21.5 Å². The third-order valence-corrected chi connectivity index (χ3v) is 6.09. The number of nitrogens with zero attached hydrogens (tertiary/aromatic N) is 3. The standard InChI is InChI=1S/C17H19ClN4O3S/c1-2-26-15-5-3-4-13(15)20-14-10-19-21(17(23)16(14)18)11-6-8-12(9-7-11)22(24)25/h6-10,13,15,20H,2-5H2,1H3. The molecule has 3 rings (SSSR count). The molecule has 2 unspecified atom stereocenters. The molecule has 1 heterocycles. The maximum absolute atomic E-state index is 12.6. The average molecular weight is 395 g/mol. The second-order valence-corrected chi connectivity index (χ2v) is 7.93. The molecule has 1 aromatic carbocycles. The molecule has 2 aromatic rings. The maximum atomic E-state index is 12.6. The molecule has 0 bridgehead atoms. The van der Waals surface area contributed by atoms with Crippen molar-refractivity contribution in [1.82, 2.24) is 9.78 Å². The number of benzene rings is 1.